The molecule has 1 nitrogen and oxygen atoms in total. The predicted octanol–water partition coefficient (Wildman–Crippen LogP) is 3.04. The summed E-state index contributed by atoms with van der Waals surface area (Å²) in [5.41, 5.74) is 7.38. The van der Waals surface area contributed by atoms with Gasteiger partial charge in [0.25, 0.3) is 0 Å². The maximum absolute atomic E-state index is 2.29. The number of aromatic nitrogens is 1. The summed E-state index contributed by atoms with van der Waals surface area (Å²) in [6, 6.07) is 0. The largest absolute Gasteiger partial charge is 0.202 e. The molecule has 0 spiro atoms. The number of rotatable bonds is 0. The lowest BCUT2D eigenvalue weighted by molar-refractivity contribution is -0.684. The van der Waals surface area contributed by atoms with Crippen LogP contribution in [0.2, 0.25) is 0 Å². The molecule has 1 rings (SSSR count). The van der Waals surface area contributed by atoms with E-state index in [0.29, 0.717) is 0 Å². The minimum Gasteiger partial charge on any atom is -0.202 e. The van der Waals surface area contributed by atoms with Crippen LogP contribution < -0.4 is 4.57 Å². The molecule has 1 heteroatoms. The van der Waals surface area contributed by atoms with Crippen molar-refractivity contribution in [1.29, 1.82) is 0 Å². The van der Waals surface area contributed by atoms with E-state index in [1.54, 1.807) is 0 Å². The molecule has 0 unspecified atom stereocenters. The van der Waals surface area contributed by atoms with Crippen LogP contribution in [0.25, 0.3) is 0 Å². The Kier molecular flexibility index (Phi) is 2.95. The summed E-state index contributed by atoms with van der Waals surface area (Å²) < 4.78 is 2.29. The fraction of sp³-hybridized carbons (Fsp3) is 0.643. The zero-order valence-electron chi connectivity index (χ0n) is 11.4. The van der Waals surface area contributed by atoms with Crippen LogP contribution in [0.15, 0.2) is 0 Å². The fourth-order valence-corrected chi connectivity index (χ4v) is 2.52. The van der Waals surface area contributed by atoms with Gasteiger partial charge in [0.1, 0.15) is 7.05 Å². The Morgan fingerprint density at radius 3 is 1.40 bits per heavy atom. The SMILES string of the molecule is Cc1c(C(C)(C)C)c(C)c(C)[n+](C)c1C. The molecule has 0 saturated heterocycles. The second-order valence-electron chi connectivity index (χ2n) is 5.60. The van der Waals surface area contributed by atoms with Gasteiger partial charge in [-0.2, -0.15) is 0 Å². The Labute approximate surface area is 94.1 Å². The van der Waals surface area contributed by atoms with Gasteiger partial charge in [-0.15, -0.1) is 0 Å². The Morgan fingerprint density at radius 1 is 0.800 bits per heavy atom. The second-order valence-corrected chi connectivity index (χ2v) is 5.60. The Balaban J connectivity index is 3.68. The Morgan fingerprint density at radius 2 is 1.13 bits per heavy atom. The molecule has 15 heavy (non-hydrogen) atoms. The molecule has 0 bridgehead atoms. The Hall–Kier alpha value is -0.850. The van der Waals surface area contributed by atoms with Crippen molar-refractivity contribution >= 4 is 0 Å². The third kappa shape index (κ3) is 1.92. The van der Waals surface area contributed by atoms with Gasteiger partial charge < -0.3 is 0 Å². The highest BCUT2D eigenvalue weighted by molar-refractivity contribution is 5.39. The topological polar surface area (TPSA) is 3.88 Å². The lowest BCUT2D eigenvalue weighted by Crippen LogP contribution is -2.39. The van der Waals surface area contributed by atoms with Gasteiger partial charge in [-0.3, -0.25) is 0 Å². The van der Waals surface area contributed by atoms with E-state index in [0.717, 1.165) is 0 Å². The molecule has 0 aliphatic heterocycles. The standard InChI is InChI=1S/C14H24N/c1-9-11(3)15(8)12(4)10(2)13(9)14(5,6)7/h1-8H3/q+1. The summed E-state index contributed by atoms with van der Waals surface area (Å²) in [6.07, 6.45) is 0. The zero-order chi connectivity index (χ0) is 12.0. The molecule has 0 atom stereocenters. The minimum absolute atomic E-state index is 0.234. The summed E-state index contributed by atoms with van der Waals surface area (Å²) >= 11 is 0. The van der Waals surface area contributed by atoms with Gasteiger partial charge >= 0.3 is 0 Å². The maximum Gasteiger partial charge on any atom is 0.181 e. The Bertz CT molecular complexity index is 366. The number of hydrogen-bond acceptors (Lipinski definition) is 0. The first kappa shape index (κ1) is 12.2. The van der Waals surface area contributed by atoms with Gasteiger partial charge in [0.15, 0.2) is 11.4 Å². The highest BCUT2D eigenvalue weighted by Crippen LogP contribution is 2.30. The molecule has 1 aromatic rings. The van der Waals surface area contributed by atoms with Crippen LogP contribution in [-0.4, -0.2) is 0 Å². The van der Waals surface area contributed by atoms with Crippen molar-refractivity contribution in [2.75, 3.05) is 0 Å². The summed E-state index contributed by atoms with van der Waals surface area (Å²) in [6.45, 7) is 15.8. The van der Waals surface area contributed by atoms with Gasteiger partial charge in [-0.05, 0) is 24.8 Å². The van der Waals surface area contributed by atoms with Crippen LogP contribution in [0.5, 0.6) is 0 Å². The van der Waals surface area contributed by atoms with E-state index in [1.165, 1.54) is 28.1 Å². The van der Waals surface area contributed by atoms with E-state index in [4.69, 9.17) is 0 Å². The molecular formula is C14H24N+. The normalized spacial score (nSPS) is 12.0. The lowest BCUT2D eigenvalue weighted by Gasteiger charge is -2.25. The van der Waals surface area contributed by atoms with Crippen molar-refractivity contribution in [2.45, 2.75) is 53.9 Å². The lowest BCUT2D eigenvalue weighted by atomic mass is 9.80. The van der Waals surface area contributed by atoms with Gasteiger partial charge in [0, 0.05) is 25.0 Å². The average Bonchev–Trinajstić information content (AvgIpc) is 2.09. The molecule has 0 saturated carbocycles. The highest BCUT2D eigenvalue weighted by Gasteiger charge is 2.26. The van der Waals surface area contributed by atoms with Crippen LogP contribution in [0.3, 0.4) is 0 Å². The summed E-state index contributed by atoms with van der Waals surface area (Å²) in [7, 11) is 2.15. The smallest absolute Gasteiger partial charge is 0.181 e. The second kappa shape index (κ2) is 3.62. The zero-order valence-corrected chi connectivity index (χ0v) is 11.4. The van der Waals surface area contributed by atoms with Gasteiger partial charge in [-0.25, -0.2) is 4.57 Å². The van der Waals surface area contributed by atoms with Crippen molar-refractivity contribution < 1.29 is 4.57 Å². The molecule has 1 aromatic heterocycles. The first-order valence-corrected chi connectivity index (χ1v) is 5.64. The van der Waals surface area contributed by atoms with E-state index in [9.17, 15) is 0 Å². The molecule has 0 aliphatic carbocycles. The molecule has 0 radical (unpaired) electrons. The first-order chi connectivity index (χ1) is 6.68. The molecular weight excluding hydrogens is 182 g/mol. The van der Waals surface area contributed by atoms with Crippen LogP contribution in [0, 0.1) is 27.7 Å². The summed E-state index contributed by atoms with van der Waals surface area (Å²) in [5, 5.41) is 0. The molecule has 0 fully saturated rings. The molecule has 1 heterocycles. The molecule has 0 aliphatic rings. The minimum atomic E-state index is 0.234. The highest BCUT2D eigenvalue weighted by atomic mass is 14.9. The number of hydrogen-bond donors (Lipinski definition) is 0. The van der Waals surface area contributed by atoms with Crippen LogP contribution in [0.1, 0.15) is 48.8 Å². The van der Waals surface area contributed by atoms with E-state index < -0.39 is 0 Å². The van der Waals surface area contributed by atoms with E-state index >= 15 is 0 Å². The maximum atomic E-state index is 2.29. The monoisotopic (exact) mass is 206 g/mol. The van der Waals surface area contributed by atoms with Crippen molar-refractivity contribution in [1.82, 2.24) is 0 Å². The van der Waals surface area contributed by atoms with Gasteiger partial charge in [0.05, 0.1) is 0 Å². The van der Waals surface area contributed by atoms with E-state index in [-0.39, 0.29) is 5.41 Å². The third-order valence-electron chi connectivity index (χ3n) is 3.59. The predicted molar refractivity (Wildman–Crippen MR) is 65.3 cm³/mol. The average molecular weight is 206 g/mol. The molecule has 0 amide bonds. The summed E-state index contributed by atoms with van der Waals surface area (Å²) in [4.78, 5) is 0. The van der Waals surface area contributed by atoms with E-state index in [2.05, 4.69) is 60.1 Å². The first-order valence-electron chi connectivity index (χ1n) is 5.64. The number of pyridine rings is 1. The van der Waals surface area contributed by atoms with Crippen LogP contribution in [-0.2, 0) is 12.5 Å². The van der Waals surface area contributed by atoms with Crippen molar-refractivity contribution in [3.63, 3.8) is 0 Å². The third-order valence-corrected chi connectivity index (χ3v) is 3.59. The van der Waals surface area contributed by atoms with Crippen LogP contribution in [0.4, 0.5) is 0 Å². The van der Waals surface area contributed by atoms with Crippen molar-refractivity contribution in [3.8, 4) is 0 Å². The quantitative estimate of drug-likeness (QED) is 0.574. The summed E-state index contributed by atoms with van der Waals surface area (Å²) in [5.74, 6) is 0. The number of nitrogens with zero attached hydrogens (tertiary/aromatic N) is 1. The fourth-order valence-electron chi connectivity index (χ4n) is 2.52. The van der Waals surface area contributed by atoms with Crippen LogP contribution >= 0.6 is 0 Å². The van der Waals surface area contributed by atoms with Crippen molar-refractivity contribution in [2.24, 2.45) is 7.05 Å². The molecule has 0 aromatic carbocycles. The van der Waals surface area contributed by atoms with Crippen molar-refractivity contribution in [3.05, 3.63) is 28.1 Å². The van der Waals surface area contributed by atoms with E-state index in [1.807, 2.05) is 0 Å². The molecule has 0 N–H and O–H groups in total. The van der Waals surface area contributed by atoms with Gasteiger partial charge in [-0.1, -0.05) is 20.8 Å². The van der Waals surface area contributed by atoms with Gasteiger partial charge in [0.2, 0.25) is 0 Å². The molecule has 84 valence electrons.